The van der Waals surface area contributed by atoms with E-state index in [2.05, 4.69) is 25.1 Å². The van der Waals surface area contributed by atoms with E-state index in [1.54, 1.807) is 36.4 Å². The summed E-state index contributed by atoms with van der Waals surface area (Å²) in [5.41, 5.74) is 4.79. The van der Waals surface area contributed by atoms with Gasteiger partial charge in [0, 0.05) is 46.1 Å². The zero-order valence-corrected chi connectivity index (χ0v) is 27.9. The highest BCUT2D eigenvalue weighted by Gasteiger charge is 2.28. The number of aromatic nitrogens is 3. The van der Waals surface area contributed by atoms with Crippen LogP contribution in [0.5, 0.6) is 5.88 Å². The van der Waals surface area contributed by atoms with Gasteiger partial charge in [-0.25, -0.2) is 19.2 Å². The Morgan fingerprint density at radius 1 is 1.10 bits per heavy atom. The second kappa shape index (κ2) is 13.8. The van der Waals surface area contributed by atoms with Gasteiger partial charge in [-0.15, -0.1) is 0 Å². The summed E-state index contributed by atoms with van der Waals surface area (Å²) in [4.78, 5) is 40.9. The van der Waals surface area contributed by atoms with E-state index < -0.39 is 11.8 Å². The fourth-order valence-corrected chi connectivity index (χ4v) is 6.94. The zero-order valence-electron chi connectivity index (χ0n) is 27.1. The van der Waals surface area contributed by atoms with Gasteiger partial charge in [0.25, 0.3) is 5.91 Å². The zero-order chi connectivity index (χ0) is 34.2. The van der Waals surface area contributed by atoms with Gasteiger partial charge in [-0.3, -0.25) is 9.69 Å². The van der Waals surface area contributed by atoms with Crippen molar-refractivity contribution in [2.75, 3.05) is 25.0 Å². The summed E-state index contributed by atoms with van der Waals surface area (Å²) >= 11 is 5.88. The van der Waals surface area contributed by atoms with Crippen molar-refractivity contribution >= 4 is 46.0 Å². The number of anilines is 1. The molecule has 4 aliphatic rings. The van der Waals surface area contributed by atoms with Crippen LogP contribution < -0.4 is 15.4 Å². The Labute approximate surface area is 292 Å². The molecule has 2 saturated heterocycles. The SMILES string of the molecule is O=C1N=C2C=C(C(=O)Nc3ccc4c(c3)nc(CN3CCC(c5cccc(OCc6ccc(Cl)cc6F)n5)CC3)n4C[C@@H]3CCO3)C=CC2N1. The highest BCUT2D eigenvalue weighted by molar-refractivity contribution is 6.30. The van der Waals surface area contributed by atoms with Crippen molar-refractivity contribution in [3.63, 3.8) is 0 Å². The molecule has 13 heteroatoms. The van der Waals surface area contributed by atoms with Gasteiger partial charge in [-0.05, 0) is 74.8 Å². The number of rotatable bonds is 10. The first-order valence-electron chi connectivity index (χ1n) is 16.8. The average Bonchev–Trinajstić information content (AvgIpc) is 3.64. The first-order valence-corrected chi connectivity index (χ1v) is 17.2. The smallest absolute Gasteiger partial charge is 0.342 e. The van der Waals surface area contributed by atoms with Gasteiger partial charge in [0.05, 0.1) is 42.0 Å². The molecular weight excluding hydrogens is 661 g/mol. The quantitative estimate of drug-likeness (QED) is 0.211. The van der Waals surface area contributed by atoms with Crippen LogP contribution in [0.1, 0.15) is 42.3 Å². The molecule has 3 aliphatic heterocycles. The first kappa shape index (κ1) is 32.3. The lowest BCUT2D eigenvalue weighted by molar-refractivity contribution is -0.112. The Bertz CT molecular complexity index is 2070. The second-order valence-electron chi connectivity index (χ2n) is 13.0. The van der Waals surface area contributed by atoms with Crippen LogP contribution >= 0.6 is 11.6 Å². The molecule has 11 nitrogen and oxygen atoms in total. The maximum absolute atomic E-state index is 14.2. The summed E-state index contributed by atoms with van der Waals surface area (Å²) in [5.74, 6) is 1.03. The number of fused-ring (bicyclic) bond motifs is 2. The lowest BCUT2D eigenvalue weighted by Crippen LogP contribution is -2.35. The molecule has 1 aliphatic carbocycles. The number of nitrogens with zero attached hydrogens (tertiary/aromatic N) is 5. The minimum absolute atomic E-state index is 0.0751. The topological polar surface area (TPSA) is 123 Å². The van der Waals surface area contributed by atoms with E-state index in [0.29, 0.717) is 40.0 Å². The number of hydrogen-bond donors (Lipinski definition) is 2. The van der Waals surface area contributed by atoms with Crippen molar-refractivity contribution in [2.24, 2.45) is 4.99 Å². The molecule has 256 valence electrons. The number of halogens is 2. The number of aliphatic imine (C=N–C) groups is 1. The van der Waals surface area contributed by atoms with Crippen LogP contribution in [0.4, 0.5) is 14.9 Å². The molecule has 2 fully saturated rings. The molecular formula is C37H35ClFN7O4. The van der Waals surface area contributed by atoms with E-state index in [1.165, 1.54) is 6.07 Å². The van der Waals surface area contributed by atoms with Crippen molar-refractivity contribution < 1.29 is 23.5 Å². The van der Waals surface area contributed by atoms with Crippen molar-refractivity contribution in [3.8, 4) is 5.88 Å². The summed E-state index contributed by atoms with van der Waals surface area (Å²) < 4.78 is 28.1. The Kier molecular flexibility index (Phi) is 8.90. The number of piperidine rings is 1. The van der Waals surface area contributed by atoms with E-state index in [1.807, 2.05) is 30.3 Å². The predicted octanol–water partition coefficient (Wildman–Crippen LogP) is 5.94. The molecule has 2 N–H and O–H groups in total. The van der Waals surface area contributed by atoms with Crippen LogP contribution in [0.3, 0.4) is 0 Å². The standard InChI is InChI=1S/C37H35ClFN7O4/c38-25-6-4-24(28(39)17-25)21-50-35-3-1-2-29(42-35)22-10-13-45(14-11-22)20-34-41-32-18-26(7-9-33(32)46(34)19-27-12-15-49-27)40-36(47)23-5-8-30-31(16-23)44-37(48)43-30/h1-9,16-18,22,27,30H,10-15,19-21H2,(H,40,47)(H,43,48)/t27-,30?/m0/s1. The van der Waals surface area contributed by atoms with Crippen molar-refractivity contribution in [1.82, 2.24) is 24.8 Å². The molecule has 4 aromatic rings. The number of carbonyl (C=O) groups excluding carboxylic acids is 2. The van der Waals surface area contributed by atoms with Crippen LogP contribution in [0.15, 0.2) is 83.4 Å². The highest BCUT2D eigenvalue weighted by Crippen LogP contribution is 2.30. The number of imidazole rings is 1. The number of urea groups is 1. The lowest BCUT2D eigenvalue weighted by atomic mass is 9.93. The van der Waals surface area contributed by atoms with Gasteiger partial charge in [0.15, 0.2) is 0 Å². The molecule has 0 radical (unpaired) electrons. The molecule has 5 heterocycles. The van der Waals surface area contributed by atoms with Crippen molar-refractivity contribution in [3.05, 3.63) is 106 Å². The summed E-state index contributed by atoms with van der Waals surface area (Å²) in [6, 6.07) is 15.4. The number of likely N-dealkylation sites (tertiary alicyclic amines) is 1. The molecule has 50 heavy (non-hydrogen) atoms. The van der Waals surface area contributed by atoms with Crippen molar-refractivity contribution in [1.29, 1.82) is 0 Å². The maximum atomic E-state index is 14.2. The van der Waals surface area contributed by atoms with Gasteiger partial charge in [0.2, 0.25) is 5.88 Å². The number of benzene rings is 2. The summed E-state index contributed by atoms with van der Waals surface area (Å²) in [6.45, 7) is 4.02. The number of carbonyl (C=O) groups is 2. The third kappa shape index (κ3) is 6.91. The maximum Gasteiger partial charge on any atom is 0.342 e. The van der Waals surface area contributed by atoms with Gasteiger partial charge >= 0.3 is 6.03 Å². The summed E-state index contributed by atoms with van der Waals surface area (Å²) in [7, 11) is 0. The molecule has 1 unspecified atom stereocenters. The average molecular weight is 696 g/mol. The fraction of sp³-hybridized carbons (Fsp3) is 0.324. The molecule has 3 amide bonds. The highest BCUT2D eigenvalue weighted by atomic mass is 35.5. The van der Waals surface area contributed by atoms with Gasteiger partial charge in [0.1, 0.15) is 18.2 Å². The van der Waals surface area contributed by atoms with E-state index in [0.717, 1.165) is 68.1 Å². The predicted molar refractivity (Wildman–Crippen MR) is 187 cm³/mol. The molecule has 2 aromatic heterocycles. The van der Waals surface area contributed by atoms with Crippen LogP contribution in [0.25, 0.3) is 11.0 Å². The molecule has 0 spiro atoms. The largest absolute Gasteiger partial charge is 0.473 e. The van der Waals surface area contributed by atoms with Crippen molar-refractivity contribution in [2.45, 2.75) is 57.0 Å². The number of ether oxygens (including phenoxy) is 2. The molecule has 2 atom stereocenters. The lowest BCUT2D eigenvalue weighted by Gasteiger charge is -2.32. The van der Waals surface area contributed by atoms with Crippen LogP contribution in [0, 0.1) is 5.82 Å². The van der Waals surface area contributed by atoms with E-state index in [9.17, 15) is 14.0 Å². The monoisotopic (exact) mass is 695 g/mol. The Hall–Kier alpha value is -4.91. The van der Waals surface area contributed by atoms with Gasteiger partial charge in [-0.2, -0.15) is 4.99 Å². The van der Waals surface area contributed by atoms with E-state index in [-0.39, 0.29) is 30.6 Å². The summed E-state index contributed by atoms with van der Waals surface area (Å²) in [6.07, 6.45) is 8.13. The van der Waals surface area contributed by atoms with E-state index >= 15 is 0 Å². The number of pyridine rings is 1. The van der Waals surface area contributed by atoms with Crippen LogP contribution in [0.2, 0.25) is 5.02 Å². The minimum Gasteiger partial charge on any atom is -0.473 e. The number of hydrogen-bond acceptors (Lipinski definition) is 7. The molecule has 2 aromatic carbocycles. The fourth-order valence-electron chi connectivity index (χ4n) is 6.78. The second-order valence-corrected chi connectivity index (χ2v) is 13.4. The summed E-state index contributed by atoms with van der Waals surface area (Å²) in [5, 5.41) is 6.04. The minimum atomic E-state index is -0.403. The van der Waals surface area contributed by atoms with E-state index in [4.69, 9.17) is 31.0 Å². The Morgan fingerprint density at radius 3 is 2.76 bits per heavy atom. The Balaban J connectivity index is 0.926. The third-order valence-electron chi connectivity index (χ3n) is 9.63. The van der Waals surface area contributed by atoms with Gasteiger partial charge in [-0.1, -0.05) is 35.9 Å². The number of amides is 3. The normalized spacial score (nSPS) is 20.6. The molecule has 0 saturated carbocycles. The molecule has 0 bridgehead atoms. The third-order valence-corrected chi connectivity index (χ3v) is 9.87. The molecule has 8 rings (SSSR count). The van der Waals surface area contributed by atoms with Gasteiger partial charge < -0.3 is 24.7 Å². The van der Waals surface area contributed by atoms with Crippen LogP contribution in [-0.2, 0) is 29.2 Å². The number of nitrogens with one attached hydrogen (secondary N) is 2. The Morgan fingerprint density at radius 2 is 1.96 bits per heavy atom. The first-order chi connectivity index (χ1) is 24.3. The van der Waals surface area contributed by atoms with Crippen LogP contribution in [-0.4, -0.2) is 68.9 Å².